The second-order valence-corrected chi connectivity index (χ2v) is 3.17. The first-order chi connectivity index (χ1) is 8.01. The maximum atomic E-state index is 11.6. The molecule has 0 fully saturated rings. The summed E-state index contributed by atoms with van der Waals surface area (Å²) in [6, 6.07) is 2.40. The fourth-order valence-electron chi connectivity index (χ4n) is 1.32. The number of nitrogens with zero attached hydrogens (tertiary/aromatic N) is 1. The number of benzene rings is 1. The molecule has 0 atom stereocenters. The third-order valence-corrected chi connectivity index (χ3v) is 2.13. The predicted octanol–water partition coefficient (Wildman–Crippen LogP) is 0.0829. The molecule has 0 bridgehead atoms. The standard InChI is InChI=1S/C9H13N5O3/c1-11-7-4-5(14(16)17)3-6(8(7)10)9(15)13-12-2/h3-4,11-12H,10H2,1-2H3,(H,13,15). The molecule has 0 saturated heterocycles. The second-order valence-electron chi connectivity index (χ2n) is 3.17. The molecule has 92 valence electrons. The Morgan fingerprint density at radius 2 is 2.06 bits per heavy atom. The van der Waals surface area contributed by atoms with E-state index >= 15 is 0 Å². The van der Waals surface area contributed by atoms with Gasteiger partial charge in [-0.1, -0.05) is 0 Å². The molecule has 0 heterocycles. The number of hydrazine groups is 1. The number of nitrogens with one attached hydrogen (secondary N) is 3. The molecule has 0 radical (unpaired) electrons. The van der Waals surface area contributed by atoms with Gasteiger partial charge in [-0.2, -0.15) is 0 Å². The number of nitro benzene ring substituents is 1. The Kier molecular flexibility index (Phi) is 3.83. The maximum absolute atomic E-state index is 11.6. The molecule has 1 amide bonds. The van der Waals surface area contributed by atoms with Gasteiger partial charge in [0.05, 0.1) is 21.9 Å². The van der Waals surface area contributed by atoms with E-state index in [1.165, 1.54) is 13.1 Å². The number of nitro groups is 1. The van der Waals surface area contributed by atoms with E-state index in [0.29, 0.717) is 5.69 Å². The summed E-state index contributed by atoms with van der Waals surface area (Å²) in [7, 11) is 3.07. The highest BCUT2D eigenvalue weighted by Gasteiger charge is 2.18. The van der Waals surface area contributed by atoms with Gasteiger partial charge in [0, 0.05) is 26.2 Å². The van der Waals surface area contributed by atoms with Crippen LogP contribution in [0.25, 0.3) is 0 Å². The first-order valence-corrected chi connectivity index (χ1v) is 4.74. The van der Waals surface area contributed by atoms with Gasteiger partial charge in [0.1, 0.15) is 0 Å². The van der Waals surface area contributed by atoms with E-state index in [9.17, 15) is 14.9 Å². The van der Waals surface area contributed by atoms with E-state index in [1.807, 2.05) is 0 Å². The smallest absolute Gasteiger partial charge is 0.272 e. The molecule has 8 heteroatoms. The van der Waals surface area contributed by atoms with Crippen LogP contribution in [-0.2, 0) is 0 Å². The summed E-state index contributed by atoms with van der Waals surface area (Å²) in [5.41, 5.74) is 10.8. The molecule has 5 N–H and O–H groups in total. The molecule has 1 rings (SSSR count). The van der Waals surface area contributed by atoms with Crippen LogP contribution in [0.2, 0.25) is 0 Å². The van der Waals surface area contributed by atoms with Crippen LogP contribution in [0.4, 0.5) is 17.1 Å². The summed E-state index contributed by atoms with van der Waals surface area (Å²) in [6.45, 7) is 0. The van der Waals surface area contributed by atoms with Crippen LogP contribution in [0.5, 0.6) is 0 Å². The second kappa shape index (κ2) is 5.12. The van der Waals surface area contributed by atoms with E-state index in [-0.39, 0.29) is 16.9 Å². The summed E-state index contributed by atoms with van der Waals surface area (Å²) in [5, 5.41) is 13.4. The summed E-state index contributed by atoms with van der Waals surface area (Å²) >= 11 is 0. The van der Waals surface area contributed by atoms with Gasteiger partial charge in [-0.25, -0.2) is 5.43 Å². The zero-order chi connectivity index (χ0) is 13.0. The number of nitrogen functional groups attached to an aromatic ring is 1. The summed E-state index contributed by atoms with van der Waals surface area (Å²) in [4.78, 5) is 21.7. The molecule has 0 unspecified atom stereocenters. The Hall–Kier alpha value is -2.35. The van der Waals surface area contributed by atoms with Crippen molar-refractivity contribution in [2.24, 2.45) is 0 Å². The van der Waals surface area contributed by atoms with Gasteiger partial charge < -0.3 is 11.1 Å². The molecule has 0 aliphatic carbocycles. The Bertz CT molecular complexity index is 460. The lowest BCUT2D eigenvalue weighted by Crippen LogP contribution is -2.34. The van der Waals surface area contributed by atoms with Crippen molar-refractivity contribution >= 4 is 23.0 Å². The highest BCUT2D eigenvalue weighted by molar-refractivity contribution is 6.02. The van der Waals surface area contributed by atoms with Crippen LogP contribution >= 0.6 is 0 Å². The van der Waals surface area contributed by atoms with Crippen molar-refractivity contribution in [3.63, 3.8) is 0 Å². The van der Waals surface area contributed by atoms with Crippen LogP contribution in [0, 0.1) is 10.1 Å². The molecule has 0 aliphatic rings. The SMILES string of the molecule is CNNC(=O)c1cc([N+](=O)[O-])cc(NC)c1N. The van der Waals surface area contributed by atoms with Gasteiger partial charge >= 0.3 is 0 Å². The number of hydrogen-bond acceptors (Lipinski definition) is 6. The number of rotatable bonds is 4. The normalized spacial score (nSPS) is 9.76. The quantitative estimate of drug-likeness (QED) is 0.335. The summed E-state index contributed by atoms with van der Waals surface area (Å²) < 4.78 is 0. The Morgan fingerprint density at radius 1 is 1.41 bits per heavy atom. The van der Waals surface area contributed by atoms with Crippen LogP contribution in [0.1, 0.15) is 10.4 Å². The third kappa shape index (κ3) is 2.61. The monoisotopic (exact) mass is 239 g/mol. The minimum absolute atomic E-state index is 0.0397. The summed E-state index contributed by atoms with van der Waals surface area (Å²) in [6.07, 6.45) is 0. The number of amides is 1. The minimum atomic E-state index is -0.587. The highest BCUT2D eigenvalue weighted by atomic mass is 16.6. The van der Waals surface area contributed by atoms with Crippen molar-refractivity contribution in [3.05, 3.63) is 27.8 Å². The van der Waals surface area contributed by atoms with Gasteiger partial charge in [0.15, 0.2) is 0 Å². The van der Waals surface area contributed by atoms with Crippen molar-refractivity contribution in [2.45, 2.75) is 0 Å². The van der Waals surface area contributed by atoms with Gasteiger partial charge in [0.25, 0.3) is 11.6 Å². The molecule has 0 spiro atoms. The highest BCUT2D eigenvalue weighted by Crippen LogP contribution is 2.28. The summed E-state index contributed by atoms with van der Waals surface area (Å²) in [5.74, 6) is -0.537. The van der Waals surface area contributed by atoms with E-state index in [1.54, 1.807) is 7.05 Å². The topological polar surface area (TPSA) is 122 Å². The first-order valence-electron chi connectivity index (χ1n) is 4.74. The first kappa shape index (κ1) is 12.7. The molecule has 1 aromatic carbocycles. The predicted molar refractivity (Wildman–Crippen MR) is 63.6 cm³/mol. The lowest BCUT2D eigenvalue weighted by atomic mass is 10.1. The van der Waals surface area contributed by atoms with Crippen molar-refractivity contribution < 1.29 is 9.72 Å². The van der Waals surface area contributed by atoms with Gasteiger partial charge in [-0.3, -0.25) is 20.3 Å². The van der Waals surface area contributed by atoms with Crippen LogP contribution in [-0.4, -0.2) is 24.9 Å². The van der Waals surface area contributed by atoms with Gasteiger partial charge in [0.2, 0.25) is 0 Å². The maximum Gasteiger partial charge on any atom is 0.272 e. The average molecular weight is 239 g/mol. The molecule has 17 heavy (non-hydrogen) atoms. The molecule has 0 saturated carbocycles. The average Bonchev–Trinajstić information content (AvgIpc) is 2.29. The Labute approximate surface area is 97.3 Å². The van der Waals surface area contributed by atoms with E-state index in [4.69, 9.17) is 5.73 Å². The van der Waals surface area contributed by atoms with E-state index in [0.717, 1.165) is 6.07 Å². The fourth-order valence-corrected chi connectivity index (χ4v) is 1.32. The van der Waals surface area contributed by atoms with Crippen molar-refractivity contribution in [1.82, 2.24) is 10.9 Å². The van der Waals surface area contributed by atoms with E-state index < -0.39 is 10.8 Å². The lowest BCUT2D eigenvalue weighted by molar-refractivity contribution is -0.384. The van der Waals surface area contributed by atoms with Crippen LogP contribution in [0.3, 0.4) is 0 Å². The van der Waals surface area contributed by atoms with Gasteiger partial charge in [-0.05, 0) is 0 Å². The molecule has 8 nitrogen and oxygen atoms in total. The number of nitrogens with two attached hydrogens (primary N) is 1. The zero-order valence-electron chi connectivity index (χ0n) is 9.40. The van der Waals surface area contributed by atoms with Crippen LogP contribution < -0.4 is 21.9 Å². The molecule has 0 aromatic heterocycles. The fraction of sp³-hybridized carbons (Fsp3) is 0.222. The molecule has 0 aliphatic heterocycles. The third-order valence-electron chi connectivity index (χ3n) is 2.13. The van der Waals surface area contributed by atoms with Crippen LogP contribution in [0.15, 0.2) is 12.1 Å². The van der Waals surface area contributed by atoms with Gasteiger partial charge in [-0.15, -0.1) is 0 Å². The largest absolute Gasteiger partial charge is 0.396 e. The number of non-ortho nitro benzene ring substituents is 1. The number of hydrogen-bond donors (Lipinski definition) is 4. The molecule has 1 aromatic rings. The molecular weight excluding hydrogens is 226 g/mol. The van der Waals surface area contributed by atoms with Crippen molar-refractivity contribution in [1.29, 1.82) is 0 Å². The number of carbonyl (C=O) groups is 1. The number of carbonyl (C=O) groups excluding carboxylic acids is 1. The lowest BCUT2D eigenvalue weighted by Gasteiger charge is -2.10. The number of anilines is 2. The molecular formula is C9H13N5O3. The van der Waals surface area contributed by atoms with Crippen molar-refractivity contribution in [3.8, 4) is 0 Å². The zero-order valence-corrected chi connectivity index (χ0v) is 9.40. The van der Waals surface area contributed by atoms with Crippen molar-refractivity contribution in [2.75, 3.05) is 25.1 Å². The minimum Gasteiger partial charge on any atom is -0.396 e. The Morgan fingerprint density at radius 3 is 2.53 bits per heavy atom. The Balaban J connectivity index is 3.32. The van der Waals surface area contributed by atoms with E-state index in [2.05, 4.69) is 16.2 Å².